The molecule has 0 aromatic heterocycles. The first-order valence-electron chi connectivity index (χ1n) is 8.96. The van der Waals surface area contributed by atoms with E-state index in [0.29, 0.717) is 0 Å². The van der Waals surface area contributed by atoms with Gasteiger partial charge in [0.15, 0.2) is 0 Å². The molecule has 1 heterocycles. The number of anilines is 1. The standard InChI is InChI=1S/C21H25ClN2O/c1-16(14-17-9-11-19(22)12-10-17)23-21(25)18-6-5-13-24(15-18)20-7-3-2-4-8-20/h2-4,7-12,16,18H,5-6,13-15H2,1H3,(H,23,25). The van der Waals surface area contributed by atoms with E-state index >= 15 is 0 Å². The van der Waals surface area contributed by atoms with Gasteiger partial charge in [-0.15, -0.1) is 0 Å². The molecule has 1 amide bonds. The number of carbonyl (C=O) groups is 1. The Balaban J connectivity index is 1.54. The van der Waals surface area contributed by atoms with E-state index in [-0.39, 0.29) is 17.9 Å². The molecule has 0 radical (unpaired) electrons. The molecular formula is C21H25ClN2O. The number of amides is 1. The van der Waals surface area contributed by atoms with Gasteiger partial charge in [0, 0.05) is 29.8 Å². The second-order valence-corrected chi connectivity index (χ2v) is 7.30. The van der Waals surface area contributed by atoms with Crippen LogP contribution in [0.2, 0.25) is 5.02 Å². The van der Waals surface area contributed by atoms with Crippen LogP contribution in [0.4, 0.5) is 5.69 Å². The van der Waals surface area contributed by atoms with Gasteiger partial charge >= 0.3 is 0 Å². The number of hydrogen-bond donors (Lipinski definition) is 1. The van der Waals surface area contributed by atoms with Crippen molar-refractivity contribution >= 4 is 23.2 Å². The largest absolute Gasteiger partial charge is 0.371 e. The summed E-state index contributed by atoms with van der Waals surface area (Å²) in [5.41, 5.74) is 2.39. The summed E-state index contributed by atoms with van der Waals surface area (Å²) in [5, 5.41) is 3.93. The zero-order chi connectivity index (χ0) is 17.6. The molecule has 2 aromatic rings. The lowest BCUT2D eigenvalue weighted by molar-refractivity contribution is -0.125. The van der Waals surface area contributed by atoms with Crippen molar-refractivity contribution in [2.75, 3.05) is 18.0 Å². The first-order valence-corrected chi connectivity index (χ1v) is 9.34. The third kappa shape index (κ3) is 4.99. The molecule has 3 nitrogen and oxygen atoms in total. The van der Waals surface area contributed by atoms with Crippen LogP contribution in [0.15, 0.2) is 54.6 Å². The molecule has 3 rings (SSSR count). The van der Waals surface area contributed by atoms with Crippen molar-refractivity contribution in [2.45, 2.75) is 32.2 Å². The number of rotatable bonds is 5. The van der Waals surface area contributed by atoms with E-state index in [1.54, 1.807) is 0 Å². The molecule has 1 fully saturated rings. The number of carbonyl (C=O) groups excluding carboxylic acids is 1. The summed E-state index contributed by atoms with van der Waals surface area (Å²) in [6.45, 7) is 3.88. The van der Waals surface area contributed by atoms with E-state index in [9.17, 15) is 4.79 Å². The lowest BCUT2D eigenvalue weighted by Gasteiger charge is -2.34. The molecule has 2 aromatic carbocycles. The molecule has 0 bridgehead atoms. The number of nitrogens with one attached hydrogen (secondary N) is 1. The average Bonchev–Trinajstić information content (AvgIpc) is 2.64. The number of piperidine rings is 1. The Labute approximate surface area is 155 Å². The fraction of sp³-hybridized carbons (Fsp3) is 0.381. The lowest BCUT2D eigenvalue weighted by Crippen LogP contribution is -2.45. The van der Waals surface area contributed by atoms with Gasteiger partial charge in [-0.25, -0.2) is 0 Å². The number of nitrogens with zero attached hydrogens (tertiary/aromatic N) is 1. The van der Waals surface area contributed by atoms with Crippen molar-refractivity contribution in [3.8, 4) is 0 Å². The molecule has 25 heavy (non-hydrogen) atoms. The minimum atomic E-state index is 0.0571. The summed E-state index contributed by atoms with van der Waals surface area (Å²) in [4.78, 5) is 15.0. The van der Waals surface area contributed by atoms with Crippen molar-refractivity contribution in [3.63, 3.8) is 0 Å². The summed E-state index contributed by atoms with van der Waals surface area (Å²) in [7, 11) is 0. The molecule has 1 saturated heterocycles. The van der Waals surface area contributed by atoms with Crippen LogP contribution in [-0.4, -0.2) is 25.0 Å². The minimum absolute atomic E-state index is 0.0571. The predicted octanol–water partition coefficient (Wildman–Crippen LogP) is 4.30. The van der Waals surface area contributed by atoms with E-state index in [1.165, 1.54) is 11.3 Å². The molecule has 1 N–H and O–H groups in total. The summed E-state index contributed by atoms with van der Waals surface area (Å²) in [6, 6.07) is 18.3. The third-order valence-corrected chi connectivity index (χ3v) is 5.01. The summed E-state index contributed by atoms with van der Waals surface area (Å²) in [5.74, 6) is 0.226. The van der Waals surface area contributed by atoms with Crippen LogP contribution < -0.4 is 10.2 Å². The topological polar surface area (TPSA) is 32.3 Å². The summed E-state index contributed by atoms with van der Waals surface area (Å²) >= 11 is 5.92. The highest BCUT2D eigenvalue weighted by atomic mass is 35.5. The number of hydrogen-bond acceptors (Lipinski definition) is 2. The number of halogens is 1. The van der Waals surface area contributed by atoms with Gasteiger partial charge in [-0.3, -0.25) is 4.79 Å². The van der Waals surface area contributed by atoms with Crippen LogP contribution in [0, 0.1) is 5.92 Å². The Morgan fingerprint density at radius 1 is 1.20 bits per heavy atom. The zero-order valence-corrected chi connectivity index (χ0v) is 15.4. The molecule has 0 spiro atoms. The van der Waals surface area contributed by atoms with Crippen LogP contribution in [-0.2, 0) is 11.2 Å². The van der Waals surface area contributed by atoms with E-state index < -0.39 is 0 Å². The Morgan fingerprint density at radius 3 is 2.64 bits per heavy atom. The fourth-order valence-corrected chi connectivity index (χ4v) is 3.58. The van der Waals surface area contributed by atoms with Crippen molar-refractivity contribution in [1.29, 1.82) is 0 Å². The smallest absolute Gasteiger partial charge is 0.225 e. The Hall–Kier alpha value is -2.00. The lowest BCUT2D eigenvalue weighted by atomic mass is 9.96. The zero-order valence-electron chi connectivity index (χ0n) is 14.6. The van der Waals surface area contributed by atoms with Crippen molar-refractivity contribution < 1.29 is 4.79 Å². The molecule has 1 aliphatic heterocycles. The van der Waals surface area contributed by atoms with Crippen LogP contribution in [0.1, 0.15) is 25.3 Å². The van der Waals surface area contributed by atoms with Crippen LogP contribution >= 0.6 is 11.6 Å². The van der Waals surface area contributed by atoms with Crippen molar-refractivity contribution in [2.24, 2.45) is 5.92 Å². The SMILES string of the molecule is CC(Cc1ccc(Cl)cc1)NC(=O)C1CCCN(c2ccccc2)C1. The Morgan fingerprint density at radius 2 is 1.92 bits per heavy atom. The fourth-order valence-electron chi connectivity index (χ4n) is 3.45. The van der Waals surface area contributed by atoms with Crippen molar-refractivity contribution in [1.82, 2.24) is 5.32 Å². The highest BCUT2D eigenvalue weighted by Crippen LogP contribution is 2.23. The maximum absolute atomic E-state index is 12.7. The van der Waals surface area contributed by atoms with Crippen LogP contribution in [0.5, 0.6) is 0 Å². The normalized spacial score (nSPS) is 18.6. The van der Waals surface area contributed by atoms with E-state index in [0.717, 1.165) is 37.4 Å². The van der Waals surface area contributed by atoms with E-state index in [4.69, 9.17) is 11.6 Å². The molecule has 132 valence electrons. The quantitative estimate of drug-likeness (QED) is 0.866. The molecular weight excluding hydrogens is 332 g/mol. The number of benzene rings is 2. The summed E-state index contributed by atoms with van der Waals surface area (Å²) in [6.07, 6.45) is 2.83. The number of para-hydroxylation sites is 1. The maximum atomic E-state index is 12.7. The average molecular weight is 357 g/mol. The maximum Gasteiger partial charge on any atom is 0.225 e. The second-order valence-electron chi connectivity index (χ2n) is 6.86. The molecule has 1 aliphatic rings. The predicted molar refractivity (Wildman–Crippen MR) is 104 cm³/mol. The molecule has 2 atom stereocenters. The highest BCUT2D eigenvalue weighted by molar-refractivity contribution is 6.30. The summed E-state index contributed by atoms with van der Waals surface area (Å²) < 4.78 is 0. The monoisotopic (exact) mass is 356 g/mol. The van der Waals surface area contributed by atoms with Gasteiger partial charge < -0.3 is 10.2 Å². The Kier molecular flexibility index (Phi) is 5.98. The van der Waals surface area contributed by atoms with Gasteiger partial charge in [0.25, 0.3) is 0 Å². The molecule has 4 heteroatoms. The minimum Gasteiger partial charge on any atom is -0.371 e. The second kappa shape index (κ2) is 8.39. The van der Waals surface area contributed by atoms with Gasteiger partial charge in [0.05, 0.1) is 5.92 Å². The van der Waals surface area contributed by atoms with Gasteiger partial charge in [-0.2, -0.15) is 0 Å². The Bertz CT molecular complexity index is 687. The van der Waals surface area contributed by atoms with E-state index in [2.05, 4.69) is 29.3 Å². The van der Waals surface area contributed by atoms with Gasteiger partial charge in [-0.1, -0.05) is 41.9 Å². The highest BCUT2D eigenvalue weighted by Gasteiger charge is 2.26. The van der Waals surface area contributed by atoms with Crippen LogP contribution in [0.3, 0.4) is 0 Å². The van der Waals surface area contributed by atoms with Crippen LogP contribution in [0.25, 0.3) is 0 Å². The molecule has 0 saturated carbocycles. The molecule has 2 unspecified atom stereocenters. The molecule has 0 aliphatic carbocycles. The van der Waals surface area contributed by atoms with Gasteiger partial charge in [-0.05, 0) is 56.0 Å². The van der Waals surface area contributed by atoms with E-state index in [1.807, 2.05) is 42.5 Å². The third-order valence-electron chi connectivity index (χ3n) is 4.76. The van der Waals surface area contributed by atoms with Gasteiger partial charge in [0.2, 0.25) is 5.91 Å². The first-order chi connectivity index (χ1) is 12.1. The van der Waals surface area contributed by atoms with Crippen molar-refractivity contribution in [3.05, 3.63) is 65.2 Å². The van der Waals surface area contributed by atoms with Gasteiger partial charge in [0.1, 0.15) is 0 Å². The first kappa shape index (κ1) is 17.8.